The number of nitrogens with one attached hydrogen (secondary N) is 2. The fourth-order valence-corrected chi connectivity index (χ4v) is 6.30. The summed E-state index contributed by atoms with van der Waals surface area (Å²) in [6.07, 6.45) is 3.50. The van der Waals surface area contributed by atoms with E-state index < -0.39 is 5.92 Å². The van der Waals surface area contributed by atoms with Crippen molar-refractivity contribution in [1.82, 2.24) is 24.4 Å². The first-order chi connectivity index (χ1) is 19.4. The number of para-hydroxylation sites is 1. The lowest BCUT2D eigenvalue weighted by atomic mass is 9.93. The Balaban J connectivity index is 1.33. The van der Waals surface area contributed by atoms with Gasteiger partial charge in [0, 0.05) is 43.6 Å². The van der Waals surface area contributed by atoms with E-state index in [4.69, 9.17) is 14.6 Å². The minimum absolute atomic E-state index is 0.0987. The standard InChI is InChI=1S/C30H35F2N6O2/c1-39-27-6-4-3-5-24(27)26-10-7-21-20-34-29(36-37(21)26)35-25-9-8-23(19-28(25)40-2)38(22-11-15-33-16-12-22)17-13-30(31,32)14-18-38/h3-10,19-20,22,33H,11-18H2,1-2H3,(H,35,36)/q+1. The first kappa shape index (κ1) is 26.5. The van der Waals surface area contributed by atoms with E-state index in [0.717, 1.165) is 54.1 Å². The number of hydrogen-bond donors (Lipinski definition) is 2. The number of quaternary nitrogens is 1. The number of likely N-dealkylation sites (tertiary alicyclic amines) is 1. The molecule has 2 aromatic carbocycles. The summed E-state index contributed by atoms with van der Waals surface area (Å²) in [6.45, 7) is 2.67. The van der Waals surface area contributed by atoms with E-state index in [9.17, 15) is 8.78 Å². The number of methoxy groups -OCH3 is 2. The van der Waals surface area contributed by atoms with Crippen LogP contribution in [0.4, 0.5) is 26.1 Å². The lowest BCUT2D eigenvalue weighted by Gasteiger charge is -2.49. The number of aromatic nitrogens is 3. The number of piperidine rings is 2. The Bertz CT molecular complexity index is 1490. The summed E-state index contributed by atoms with van der Waals surface area (Å²) in [7, 11) is 3.28. The monoisotopic (exact) mass is 549 g/mol. The smallest absolute Gasteiger partial charge is 0.258 e. The molecule has 40 heavy (non-hydrogen) atoms. The van der Waals surface area contributed by atoms with Gasteiger partial charge in [-0.3, -0.25) is 4.48 Å². The molecule has 2 fully saturated rings. The quantitative estimate of drug-likeness (QED) is 0.291. The summed E-state index contributed by atoms with van der Waals surface area (Å²) >= 11 is 0. The van der Waals surface area contributed by atoms with Crippen molar-refractivity contribution in [2.24, 2.45) is 0 Å². The van der Waals surface area contributed by atoms with E-state index in [2.05, 4.69) is 15.6 Å². The third kappa shape index (κ3) is 4.86. The number of rotatable bonds is 7. The third-order valence-corrected chi connectivity index (χ3v) is 8.49. The molecule has 2 aliphatic rings. The zero-order chi connectivity index (χ0) is 27.7. The zero-order valence-corrected chi connectivity index (χ0v) is 22.9. The second-order valence-electron chi connectivity index (χ2n) is 10.7. The van der Waals surface area contributed by atoms with Gasteiger partial charge in [0.25, 0.3) is 5.92 Å². The van der Waals surface area contributed by atoms with Crippen LogP contribution in [0.2, 0.25) is 0 Å². The van der Waals surface area contributed by atoms with E-state index in [1.54, 1.807) is 20.4 Å². The van der Waals surface area contributed by atoms with E-state index in [-0.39, 0.29) is 12.8 Å². The summed E-state index contributed by atoms with van der Waals surface area (Å²) < 4.78 is 42.3. The topological polar surface area (TPSA) is 72.7 Å². The fraction of sp³-hybridized carbons (Fsp3) is 0.400. The highest BCUT2D eigenvalue weighted by molar-refractivity contribution is 5.72. The van der Waals surface area contributed by atoms with Crippen LogP contribution in [0.1, 0.15) is 25.7 Å². The third-order valence-electron chi connectivity index (χ3n) is 8.49. The Morgan fingerprint density at radius 1 is 0.975 bits per heavy atom. The van der Waals surface area contributed by atoms with Gasteiger partial charge in [0.1, 0.15) is 17.2 Å². The summed E-state index contributed by atoms with van der Waals surface area (Å²) in [5.41, 5.74) is 4.39. The molecule has 4 aromatic rings. The van der Waals surface area contributed by atoms with Crippen molar-refractivity contribution in [3.63, 3.8) is 0 Å². The molecule has 8 nitrogen and oxygen atoms in total. The number of hydrogen-bond acceptors (Lipinski definition) is 6. The van der Waals surface area contributed by atoms with Crippen LogP contribution in [0.5, 0.6) is 11.5 Å². The molecule has 6 rings (SSSR count). The van der Waals surface area contributed by atoms with Crippen LogP contribution in [-0.4, -0.2) is 67.0 Å². The summed E-state index contributed by atoms with van der Waals surface area (Å²) in [5, 5.41) is 11.5. The molecule has 0 radical (unpaired) electrons. The van der Waals surface area contributed by atoms with Crippen molar-refractivity contribution in [2.45, 2.75) is 37.6 Å². The molecule has 0 saturated carbocycles. The molecule has 0 atom stereocenters. The number of anilines is 2. The minimum Gasteiger partial charge on any atom is -0.496 e. The molecule has 2 saturated heterocycles. The summed E-state index contributed by atoms with van der Waals surface area (Å²) in [4.78, 5) is 4.52. The second kappa shape index (κ2) is 10.7. The Morgan fingerprint density at radius 2 is 1.73 bits per heavy atom. The number of alkyl halides is 2. The Kier molecular flexibility index (Phi) is 7.06. The lowest BCUT2D eigenvalue weighted by Crippen LogP contribution is -2.64. The fourth-order valence-electron chi connectivity index (χ4n) is 6.30. The number of nitrogens with zero attached hydrogens (tertiary/aromatic N) is 4. The minimum atomic E-state index is -2.60. The molecule has 0 bridgehead atoms. The molecule has 0 spiro atoms. The van der Waals surface area contributed by atoms with Crippen molar-refractivity contribution in [1.29, 1.82) is 0 Å². The average Bonchev–Trinajstić information content (AvgIpc) is 3.41. The Morgan fingerprint density at radius 3 is 2.48 bits per heavy atom. The van der Waals surface area contributed by atoms with Crippen LogP contribution >= 0.6 is 0 Å². The van der Waals surface area contributed by atoms with Crippen molar-refractivity contribution in [3.8, 4) is 22.8 Å². The number of benzene rings is 2. The van der Waals surface area contributed by atoms with Crippen molar-refractivity contribution < 1.29 is 18.3 Å². The van der Waals surface area contributed by atoms with Gasteiger partial charge in [-0.2, -0.15) is 0 Å². The SMILES string of the molecule is COc1cc([N+]2(C3CCNCC3)CCC(F)(F)CC2)ccc1Nc1ncc2ccc(-c3ccccc3OC)n2n1. The summed E-state index contributed by atoms with van der Waals surface area (Å²) in [6, 6.07) is 18.1. The molecule has 10 heteroatoms. The van der Waals surface area contributed by atoms with Crippen LogP contribution in [-0.2, 0) is 0 Å². The molecule has 4 heterocycles. The average molecular weight is 550 g/mol. The van der Waals surface area contributed by atoms with Crippen LogP contribution in [0, 0.1) is 0 Å². The van der Waals surface area contributed by atoms with Gasteiger partial charge in [-0.05, 0) is 30.3 Å². The molecule has 2 N–H and O–H groups in total. The van der Waals surface area contributed by atoms with Crippen LogP contribution < -0.4 is 24.6 Å². The molecule has 0 aliphatic carbocycles. The molecule has 0 unspecified atom stereocenters. The predicted molar refractivity (Wildman–Crippen MR) is 153 cm³/mol. The van der Waals surface area contributed by atoms with Gasteiger partial charge < -0.3 is 20.1 Å². The Labute approximate surface area is 232 Å². The highest BCUT2D eigenvalue weighted by Crippen LogP contribution is 2.42. The van der Waals surface area contributed by atoms with E-state index in [1.807, 2.05) is 59.1 Å². The van der Waals surface area contributed by atoms with Crippen molar-refractivity contribution in [2.75, 3.05) is 45.7 Å². The highest BCUT2D eigenvalue weighted by Gasteiger charge is 2.48. The van der Waals surface area contributed by atoms with E-state index in [1.165, 1.54) is 0 Å². The lowest BCUT2D eigenvalue weighted by molar-refractivity contribution is -0.0628. The van der Waals surface area contributed by atoms with Crippen molar-refractivity contribution >= 4 is 22.8 Å². The molecule has 210 valence electrons. The normalized spacial score (nSPS) is 18.9. The van der Waals surface area contributed by atoms with Crippen LogP contribution in [0.15, 0.2) is 60.8 Å². The van der Waals surface area contributed by atoms with Gasteiger partial charge in [-0.15, -0.1) is 5.10 Å². The van der Waals surface area contributed by atoms with Gasteiger partial charge in [-0.1, -0.05) is 12.1 Å². The van der Waals surface area contributed by atoms with Gasteiger partial charge in [-0.25, -0.2) is 18.3 Å². The van der Waals surface area contributed by atoms with Gasteiger partial charge in [0.05, 0.1) is 69.3 Å². The van der Waals surface area contributed by atoms with Crippen LogP contribution in [0.25, 0.3) is 16.8 Å². The largest absolute Gasteiger partial charge is 0.496 e. The number of fused-ring (bicyclic) bond motifs is 1. The van der Waals surface area contributed by atoms with Crippen LogP contribution in [0.3, 0.4) is 0 Å². The van der Waals surface area contributed by atoms with Gasteiger partial charge in [0.2, 0.25) is 5.95 Å². The first-order valence-electron chi connectivity index (χ1n) is 13.8. The van der Waals surface area contributed by atoms with E-state index >= 15 is 0 Å². The maximum atomic E-state index is 14.3. The van der Waals surface area contributed by atoms with Gasteiger partial charge in [0.15, 0.2) is 0 Å². The Hall–Kier alpha value is -3.76. The molecule has 2 aliphatic heterocycles. The number of halogens is 2. The molecule has 0 amide bonds. The maximum Gasteiger partial charge on any atom is 0.258 e. The molecule has 2 aromatic heterocycles. The number of ether oxygens (including phenoxy) is 2. The van der Waals surface area contributed by atoms with Crippen molar-refractivity contribution in [3.05, 3.63) is 60.8 Å². The molecular formula is C30H35F2N6O2+. The summed E-state index contributed by atoms with van der Waals surface area (Å²) in [5.74, 6) is -0.806. The maximum absolute atomic E-state index is 14.3. The van der Waals surface area contributed by atoms with Gasteiger partial charge >= 0.3 is 0 Å². The van der Waals surface area contributed by atoms with E-state index in [0.29, 0.717) is 41.0 Å². The second-order valence-corrected chi connectivity index (χ2v) is 10.7. The predicted octanol–water partition coefficient (Wildman–Crippen LogP) is 5.65. The first-order valence-corrected chi connectivity index (χ1v) is 13.8. The highest BCUT2D eigenvalue weighted by atomic mass is 19.3. The molecular weight excluding hydrogens is 514 g/mol. The zero-order valence-electron chi connectivity index (χ0n) is 22.9.